The third-order valence-corrected chi connectivity index (χ3v) is 2.59. The molecule has 1 unspecified atom stereocenters. The van der Waals surface area contributed by atoms with Gasteiger partial charge in [0, 0.05) is 27.9 Å². The first kappa shape index (κ1) is 12.0. The highest BCUT2D eigenvalue weighted by Gasteiger charge is 2.02. The zero-order valence-electron chi connectivity index (χ0n) is 8.00. The Hall–Kier alpha value is -0.100. The molecular weight excluding hydrogens is 312 g/mol. The summed E-state index contributed by atoms with van der Waals surface area (Å²) in [5.74, 6) is 1.40. The number of anilines is 1. The fourth-order valence-electron chi connectivity index (χ4n) is 1.06. The molecule has 78 valence electrons. The molecule has 0 saturated carbocycles. The fourth-order valence-corrected chi connectivity index (χ4v) is 1.50. The molecule has 1 aromatic heterocycles. The summed E-state index contributed by atoms with van der Waals surface area (Å²) in [6.45, 7) is 2.11. The van der Waals surface area contributed by atoms with E-state index in [0.717, 1.165) is 16.4 Å². The lowest BCUT2D eigenvalue weighted by Gasteiger charge is -2.12. The Labute approximate surface area is 103 Å². The van der Waals surface area contributed by atoms with E-state index in [4.69, 9.17) is 11.6 Å². The highest BCUT2D eigenvalue weighted by molar-refractivity contribution is 14.1. The van der Waals surface area contributed by atoms with Gasteiger partial charge < -0.3 is 5.32 Å². The number of aromatic nitrogens is 2. The molecule has 0 aliphatic heterocycles. The van der Waals surface area contributed by atoms with Crippen LogP contribution in [0, 0.1) is 3.57 Å². The molecule has 1 rings (SSSR count). The van der Waals surface area contributed by atoms with Crippen LogP contribution in [-0.4, -0.2) is 21.9 Å². The summed E-state index contributed by atoms with van der Waals surface area (Å²) in [7, 11) is 0. The molecule has 5 heteroatoms. The summed E-state index contributed by atoms with van der Waals surface area (Å²) in [6.07, 6.45) is 5.65. The van der Waals surface area contributed by atoms with Crippen molar-refractivity contribution >= 4 is 40.1 Å². The van der Waals surface area contributed by atoms with Crippen molar-refractivity contribution < 1.29 is 0 Å². The van der Waals surface area contributed by atoms with Gasteiger partial charge in [-0.3, -0.25) is 0 Å². The van der Waals surface area contributed by atoms with Crippen LogP contribution in [0.15, 0.2) is 12.4 Å². The second-order valence-corrected chi connectivity index (χ2v) is 4.73. The van der Waals surface area contributed by atoms with Gasteiger partial charge in [0.25, 0.3) is 0 Å². The molecule has 0 aliphatic rings. The van der Waals surface area contributed by atoms with Crippen LogP contribution in [0.4, 0.5) is 5.95 Å². The average molecular weight is 326 g/mol. The second kappa shape index (κ2) is 6.40. The second-order valence-electron chi connectivity index (χ2n) is 3.10. The van der Waals surface area contributed by atoms with E-state index in [-0.39, 0.29) is 0 Å². The van der Waals surface area contributed by atoms with Gasteiger partial charge in [0.05, 0.1) is 0 Å². The summed E-state index contributed by atoms with van der Waals surface area (Å²) in [4.78, 5) is 8.33. The van der Waals surface area contributed by atoms with Crippen molar-refractivity contribution in [3.63, 3.8) is 0 Å². The van der Waals surface area contributed by atoms with Gasteiger partial charge in [0.2, 0.25) is 5.95 Å². The number of halogens is 2. The monoisotopic (exact) mass is 325 g/mol. The highest BCUT2D eigenvalue weighted by Crippen LogP contribution is 2.07. The van der Waals surface area contributed by atoms with Gasteiger partial charge >= 0.3 is 0 Å². The molecule has 1 atom stereocenters. The maximum Gasteiger partial charge on any atom is 0.222 e. The lowest BCUT2D eigenvalue weighted by atomic mass is 10.2. The van der Waals surface area contributed by atoms with Gasteiger partial charge in [0.1, 0.15) is 0 Å². The lowest BCUT2D eigenvalue weighted by Crippen LogP contribution is -2.17. The molecule has 1 N–H and O–H groups in total. The third-order valence-electron chi connectivity index (χ3n) is 1.77. The van der Waals surface area contributed by atoms with Crippen molar-refractivity contribution in [3.8, 4) is 0 Å². The predicted molar refractivity (Wildman–Crippen MR) is 67.8 cm³/mol. The van der Waals surface area contributed by atoms with Crippen LogP contribution in [0.1, 0.15) is 19.8 Å². The average Bonchev–Trinajstić information content (AvgIpc) is 2.18. The fraction of sp³-hybridized carbons (Fsp3) is 0.556. The van der Waals surface area contributed by atoms with Crippen molar-refractivity contribution in [2.75, 3.05) is 11.2 Å². The normalized spacial score (nSPS) is 12.5. The van der Waals surface area contributed by atoms with Crippen LogP contribution >= 0.6 is 34.2 Å². The summed E-state index contributed by atoms with van der Waals surface area (Å²) >= 11 is 7.79. The van der Waals surface area contributed by atoms with Crippen LogP contribution < -0.4 is 5.32 Å². The minimum Gasteiger partial charge on any atom is -0.352 e. The Kier molecular flexibility index (Phi) is 5.47. The van der Waals surface area contributed by atoms with E-state index < -0.39 is 0 Å². The summed E-state index contributed by atoms with van der Waals surface area (Å²) in [6, 6.07) is 0.369. The Morgan fingerprint density at radius 1 is 1.50 bits per heavy atom. The van der Waals surface area contributed by atoms with Crippen LogP contribution in [0.5, 0.6) is 0 Å². The number of rotatable bonds is 5. The van der Waals surface area contributed by atoms with Crippen molar-refractivity contribution in [1.29, 1.82) is 0 Å². The molecule has 14 heavy (non-hydrogen) atoms. The minimum absolute atomic E-state index is 0.369. The first-order valence-corrected chi connectivity index (χ1v) is 6.13. The predicted octanol–water partition coefficient (Wildman–Crippen LogP) is 2.90. The Morgan fingerprint density at radius 3 is 2.71 bits per heavy atom. The van der Waals surface area contributed by atoms with E-state index in [1.165, 1.54) is 0 Å². The molecular formula is C9H13ClIN3. The quantitative estimate of drug-likeness (QED) is 0.668. The van der Waals surface area contributed by atoms with Gasteiger partial charge in [-0.25, -0.2) is 9.97 Å². The van der Waals surface area contributed by atoms with E-state index >= 15 is 0 Å². The molecule has 0 bridgehead atoms. The van der Waals surface area contributed by atoms with Crippen molar-refractivity contribution in [2.24, 2.45) is 0 Å². The van der Waals surface area contributed by atoms with Crippen molar-refractivity contribution in [1.82, 2.24) is 9.97 Å². The molecule has 3 nitrogen and oxygen atoms in total. The minimum atomic E-state index is 0.369. The standard InChI is InChI=1S/C9H13ClIN3/c1-7(3-2-4-10)14-9-12-5-8(11)6-13-9/h5-7H,2-4H2,1H3,(H,12,13,14). The maximum atomic E-state index is 5.61. The van der Waals surface area contributed by atoms with Crippen LogP contribution in [0.3, 0.4) is 0 Å². The zero-order chi connectivity index (χ0) is 10.4. The number of alkyl halides is 1. The van der Waals surface area contributed by atoms with E-state index in [1.807, 2.05) is 0 Å². The maximum absolute atomic E-state index is 5.61. The lowest BCUT2D eigenvalue weighted by molar-refractivity contribution is 0.686. The van der Waals surface area contributed by atoms with E-state index in [0.29, 0.717) is 17.9 Å². The Bertz CT molecular complexity index is 265. The van der Waals surface area contributed by atoms with Crippen LogP contribution in [-0.2, 0) is 0 Å². The third kappa shape index (κ3) is 4.41. The Morgan fingerprint density at radius 2 is 2.14 bits per heavy atom. The molecule has 0 radical (unpaired) electrons. The summed E-state index contributed by atoms with van der Waals surface area (Å²) in [5.41, 5.74) is 0. The first-order chi connectivity index (χ1) is 6.72. The topological polar surface area (TPSA) is 37.8 Å². The van der Waals surface area contributed by atoms with Gasteiger partial charge in [-0.2, -0.15) is 0 Å². The number of hydrogen-bond donors (Lipinski definition) is 1. The largest absolute Gasteiger partial charge is 0.352 e. The summed E-state index contributed by atoms with van der Waals surface area (Å²) in [5, 5.41) is 3.22. The SMILES string of the molecule is CC(CCCCl)Nc1ncc(I)cn1. The van der Waals surface area contributed by atoms with E-state index in [1.54, 1.807) is 12.4 Å². The summed E-state index contributed by atoms with van der Waals surface area (Å²) < 4.78 is 1.04. The van der Waals surface area contributed by atoms with E-state index in [9.17, 15) is 0 Å². The van der Waals surface area contributed by atoms with Gasteiger partial charge in [0.15, 0.2) is 0 Å². The molecule has 0 amide bonds. The molecule has 0 aromatic carbocycles. The molecule has 1 heterocycles. The number of nitrogens with one attached hydrogen (secondary N) is 1. The number of hydrogen-bond acceptors (Lipinski definition) is 3. The van der Waals surface area contributed by atoms with Crippen LogP contribution in [0.25, 0.3) is 0 Å². The van der Waals surface area contributed by atoms with Gasteiger partial charge in [-0.05, 0) is 42.4 Å². The van der Waals surface area contributed by atoms with E-state index in [2.05, 4.69) is 44.8 Å². The zero-order valence-corrected chi connectivity index (χ0v) is 10.9. The van der Waals surface area contributed by atoms with Crippen molar-refractivity contribution in [3.05, 3.63) is 16.0 Å². The molecule has 0 saturated heterocycles. The first-order valence-electron chi connectivity index (χ1n) is 4.52. The molecule has 0 spiro atoms. The van der Waals surface area contributed by atoms with Crippen LogP contribution in [0.2, 0.25) is 0 Å². The van der Waals surface area contributed by atoms with Gasteiger partial charge in [-0.15, -0.1) is 11.6 Å². The smallest absolute Gasteiger partial charge is 0.222 e. The number of nitrogens with zero attached hydrogens (tertiary/aromatic N) is 2. The molecule has 0 aliphatic carbocycles. The molecule has 0 fully saturated rings. The highest BCUT2D eigenvalue weighted by atomic mass is 127. The van der Waals surface area contributed by atoms with Crippen molar-refractivity contribution in [2.45, 2.75) is 25.8 Å². The Balaban J connectivity index is 2.39. The van der Waals surface area contributed by atoms with Gasteiger partial charge in [-0.1, -0.05) is 0 Å². The molecule has 1 aromatic rings.